The summed E-state index contributed by atoms with van der Waals surface area (Å²) in [7, 11) is 1.96. The molecule has 0 fully saturated rings. The summed E-state index contributed by atoms with van der Waals surface area (Å²) in [6.07, 6.45) is 1.67. The number of furan rings is 1. The van der Waals surface area contributed by atoms with Crippen LogP contribution in [0.5, 0.6) is 0 Å². The van der Waals surface area contributed by atoms with Crippen molar-refractivity contribution in [2.24, 2.45) is 0 Å². The van der Waals surface area contributed by atoms with Gasteiger partial charge in [-0.1, -0.05) is 6.92 Å². The molecule has 0 saturated carbocycles. The summed E-state index contributed by atoms with van der Waals surface area (Å²) in [5, 5.41) is 6.34. The van der Waals surface area contributed by atoms with E-state index in [-0.39, 0.29) is 0 Å². The third-order valence-electron chi connectivity index (χ3n) is 2.23. The average molecular weight is 222 g/mol. The van der Waals surface area contributed by atoms with Crippen molar-refractivity contribution in [1.82, 2.24) is 10.3 Å². The van der Waals surface area contributed by atoms with Gasteiger partial charge >= 0.3 is 0 Å². The first-order valence-corrected chi connectivity index (χ1v) is 5.83. The van der Waals surface area contributed by atoms with Crippen LogP contribution in [0.3, 0.4) is 0 Å². The number of hydrogen-bond donors (Lipinski definition) is 1. The molecule has 2 aromatic rings. The topological polar surface area (TPSA) is 38.1 Å². The van der Waals surface area contributed by atoms with E-state index in [0.29, 0.717) is 5.92 Å². The maximum absolute atomic E-state index is 5.30. The minimum absolute atomic E-state index is 0.448. The van der Waals surface area contributed by atoms with Gasteiger partial charge in [-0.15, -0.1) is 11.3 Å². The Morgan fingerprint density at radius 2 is 2.47 bits per heavy atom. The normalized spacial score (nSPS) is 12.9. The molecule has 0 radical (unpaired) electrons. The molecule has 0 aliphatic rings. The lowest BCUT2D eigenvalue weighted by Crippen LogP contribution is -2.14. The highest BCUT2D eigenvalue weighted by atomic mass is 32.1. The summed E-state index contributed by atoms with van der Waals surface area (Å²) in [6, 6.07) is 3.81. The minimum Gasteiger partial charge on any atom is -0.463 e. The third kappa shape index (κ3) is 2.27. The highest BCUT2D eigenvalue weighted by Gasteiger charge is 2.11. The van der Waals surface area contributed by atoms with Crippen LogP contribution in [0.1, 0.15) is 17.8 Å². The molecule has 2 aromatic heterocycles. The Bertz CT molecular complexity index is 408. The Labute approximate surface area is 93.2 Å². The van der Waals surface area contributed by atoms with Crippen LogP contribution >= 0.6 is 11.3 Å². The van der Waals surface area contributed by atoms with Crippen molar-refractivity contribution in [2.75, 3.05) is 13.6 Å². The molecule has 0 aromatic carbocycles. The molecule has 0 saturated heterocycles. The van der Waals surface area contributed by atoms with Crippen LogP contribution in [0.4, 0.5) is 0 Å². The summed E-state index contributed by atoms with van der Waals surface area (Å²) in [5.74, 6) is 1.29. The van der Waals surface area contributed by atoms with Gasteiger partial charge in [-0.05, 0) is 19.2 Å². The van der Waals surface area contributed by atoms with E-state index in [1.54, 1.807) is 17.6 Å². The zero-order valence-corrected chi connectivity index (χ0v) is 9.67. The number of rotatable bonds is 4. The molecule has 0 amide bonds. The summed E-state index contributed by atoms with van der Waals surface area (Å²) in [5.41, 5.74) is 0.933. The quantitative estimate of drug-likeness (QED) is 0.864. The van der Waals surface area contributed by atoms with Gasteiger partial charge in [-0.25, -0.2) is 4.98 Å². The van der Waals surface area contributed by atoms with Gasteiger partial charge in [0.1, 0.15) is 5.69 Å². The fourth-order valence-corrected chi connectivity index (χ4v) is 2.31. The highest BCUT2D eigenvalue weighted by molar-refractivity contribution is 7.10. The largest absolute Gasteiger partial charge is 0.463 e. The predicted octanol–water partition coefficient (Wildman–Crippen LogP) is 2.73. The Kier molecular flexibility index (Phi) is 3.18. The predicted molar refractivity (Wildman–Crippen MR) is 62.2 cm³/mol. The second kappa shape index (κ2) is 4.59. The molecule has 0 aliphatic heterocycles. The lowest BCUT2D eigenvalue weighted by molar-refractivity contribution is 0.579. The lowest BCUT2D eigenvalue weighted by atomic mass is 10.2. The van der Waals surface area contributed by atoms with Gasteiger partial charge in [-0.2, -0.15) is 0 Å². The number of aromatic nitrogens is 1. The van der Waals surface area contributed by atoms with E-state index < -0.39 is 0 Å². The van der Waals surface area contributed by atoms with Crippen molar-refractivity contribution in [2.45, 2.75) is 12.8 Å². The van der Waals surface area contributed by atoms with Crippen LogP contribution < -0.4 is 5.32 Å². The number of nitrogens with zero attached hydrogens (tertiary/aromatic N) is 1. The van der Waals surface area contributed by atoms with Crippen molar-refractivity contribution in [3.8, 4) is 11.5 Å². The lowest BCUT2D eigenvalue weighted by Gasteiger charge is -2.05. The van der Waals surface area contributed by atoms with Crippen molar-refractivity contribution in [3.05, 3.63) is 28.8 Å². The zero-order valence-electron chi connectivity index (χ0n) is 8.86. The highest BCUT2D eigenvalue weighted by Crippen LogP contribution is 2.26. The standard InChI is InChI=1S/C11H14N2OS/c1-8(6-12-2)11-13-9(7-15-11)10-4-3-5-14-10/h3-5,7-8,12H,6H2,1-2H3. The van der Waals surface area contributed by atoms with Crippen LogP contribution in [-0.4, -0.2) is 18.6 Å². The average Bonchev–Trinajstić information content (AvgIpc) is 2.89. The summed E-state index contributed by atoms with van der Waals surface area (Å²) in [4.78, 5) is 4.56. The summed E-state index contributed by atoms with van der Waals surface area (Å²) < 4.78 is 5.30. The van der Waals surface area contributed by atoms with Crippen LogP contribution in [0.15, 0.2) is 28.2 Å². The Morgan fingerprint density at radius 3 is 3.13 bits per heavy atom. The second-order valence-electron chi connectivity index (χ2n) is 3.51. The Morgan fingerprint density at radius 1 is 1.60 bits per heavy atom. The molecule has 1 N–H and O–H groups in total. The van der Waals surface area contributed by atoms with Crippen LogP contribution in [0, 0.1) is 0 Å². The van der Waals surface area contributed by atoms with E-state index in [2.05, 4.69) is 17.2 Å². The number of likely N-dealkylation sites (N-methyl/N-ethyl adjacent to an activating group) is 1. The first kappa shape index (κ1) is 10.4. The molecule has 4 heteroatoms. The molecule has 15 heavy (non-hydrogen) atoms. The Hall–Kier alpha value is -1.13. The first-order valence-electron chi connectivity index (χ1n) is 4.95. The monoisotopic (exact) mass is 222 g/mol. The van der Waals surface area contributed by atoms with Gasteiger partial charge in [0.05, 0.1) is 11.3 Å². The van der Waals surface area contributed by atoms with Crippen molar-refractivity contribution in [3.63, 3.8) is 0 Å². The van der Waals surface area contributed by atoms with Crippen molar-refractivity contribution >= 4 is 11.3 Å². The molecule has 2 rings (SSSR count). The summed E-state index contributed by atoms with van der Waals surface area (Å²) >= 11 is 1.68. The fourth-order valence-electron chi connectivity index (χ4n) is 1.44. The van der Waals surface area contributed by atoms with Crippen molar-refractivity contribution in [1.29, 1.82) is 0 Å². The fraction of sp³-hybridized carbons (Fsp3) is 0.364. The summed E-state index contributed by atoms with van der Waals surface area (Å²) in [6.45, 7) is 3.12. The molecule has 3 nitrogen and oxygen atoms in total. The van der Waals surface area contributed by atoms with E-state index in [1.165, 1.54) is 0 Å². The maximum atomic E-state index is 5.30. The Balaban J connectivity index is 2.17. The number of nitrogens with one attached hydrogen (secondary N) is 1. The van der Waals surface area contributed by atoms with Crippen LogP contribution in [-0.2, 0) is 0 Å². The van der Waals surface area contributed by atoms with Gasteiger partial charge in [-0.3, -0.25) is 0 Å². The van der Waals surface area contributed by atoms with E-state index in [9.17, 15) is 0 Å². The van der Waals surface area contributed by atoms with Gasteiger partial charge < -0.3 is 9.73 Å². The van der Waals surface area contributed by atoms with E-state index >= 15 is 0 Å². The van der Waals surface area contributed by atoms with Crippen LogP contribution in [0.25, 0.3) is 11.5 Å². The van der Waals surface area contributed by atoms with E-state index in [4.69, 9.17) is 4.42 Å². The van der Waals surface area contributed by atoms with E-state index in [1.807, 2.05) is 24.6 Å². The third-order valence-corrected chi connectivity index (χ3v) is 3.30. The minimum atomic E-state index is 0.448. The zero-order chi connectivity index (χ0) is 10.7. The first-order chi connectivity index (χ1) is 7.31. The molecule has 2 heterocycles. The van der Waals surface area contributed by atoms with Gasteiger partial charge in [0.25, 0.3) is 0 Å². The van der Waals surface area contributed by atoms with Gasteiger partial charge in [0.2, 0.25) is 0 Å². The molecule has 1 atom stereocenters. The molecule has 0 aliphatic carbocycles. The van der Waals surface area contributed by atoms with Gasteiger partial charge in [0.15, 0.2) is 5.76 Å². The van der Waals surface area contributed by atoms with Crippen molar-refractivity contribution < 1.29 is 4.42 Å². The van der Waals surface area contributed by atoms with Crippen LogP contribution in [0.2, 0.25) is 0 Å². The number of hydrogen-bond acceptors (Lipinski definition) is 4. The smallest absolute Gasteiger partial charge is 0.153 e. The maximum Gasteiger partial charge on any atom is 0.153 e. The number of thiazole rings is 1. The van der Waals surface area contributed by atoms with E-state index in [0.717, 1.165) is 23.0 Å². The molecular formula is C11H14N2OS. The molecule has 1 unspecified atom stereocenters. The SMILES string of the molecule is CNCC(C)c1nc(-c2ccco2)cs1. The second-order valence-corrected chi connectivity index (χ2v) is 4.40. The molecule has 0 bridgehead atoms. The van der Waals surface area contributed by atoms with Gasteiger partial charge in [0, 0.05) is 17.8 Å². The molecule has 80 valence electrons. The molecule has 0 spiro atoms. The molecular weight excluding hydrogens is 208 g/mol.